The number of aromatic nitrogens is 2. The molecule has 6 nitrogen and oxygen atoms in total. The maximum atomic E-state index is 12.4. The number of alkyl halides is 2. The van der Waals surface area contributed by atoms with Gasteiger partial charge in [-0.3, -0.25) is 14.3 Å². The Morgan fingerprint density at radius 3 is 2.88 bits per heavy atom. The summed E-state index contributed by atoms with van der Waals surface area (Å²) in [7, 11) is 0. The van der Waals surface area contributed by atoms with Gasteiger partial charge in [-0.1, -0.05) is 18.2 Å². The van der Waals surface area contributed by atoms with Gasteiger partial charge in [0.15, 0.2) is 0 Å². The highest BCUT2D eigenvalue weighted by Gasteiger charge is 2.29. The van der Waals surface area contributed by atoms with E-state index in [1.54, 1.807) is 0 Å². The van der Waals surface area contributed by atoms with Crippen molar-refractivity contribution in [2.45, 2.75) is 25.3 Å². The first-order chi connectivity index (χ1) is 11.5. The molecule has 0 fully saturated rings. The molecule has 0 spiro atoms. The molecule has 2 amide bonds. The molecular weight excluding hydrogens is 318 g/mol. The monoisotopic (exact) mass is 334 g/mol. The maximum absolute atomic E-state index is 12.4. The van der Waals surface area contributed by atoms with Crippen LogP contribution in [0.25, 0.3) is 0 Å². The standard InChI is InChI=1S/C16H16F2N4O2/c17-15(18)13-6-8-22(21-13)9-14(23)19-7-5-11-10-3-1-2-4-12(10)20-16(11)24/h1-4,6,8,11,15H,5,7,9H2,(H,19,23)(H,20,24). The highest BCUT2D eigenvalue weighted by atomic mass is 19.3. The summed E-state index contributed by atoms with van der Waals surface area (Å²) < 4.78 is 26.0. The number of fused-ring (bicyclic) bond motifs is 1. The van der Waals surface area contributed by atoms with Gasteiger partial charge in [0.05, 0.1) is 5.92 Å². The van der Waals surface area contributed by atoms with Crippen LogP contribution in [0.5, 0.6) is 0 Å². The van der Waals surface area contributed by atoms with Crippen molar-refractivity contribution < 1.29 is 18.4 Å². The molecule has 0 saturated heterocycles. The molecule has 2 heterocycles. The lowest BCUT2D eigenvalue weighted by Crippen LogP contribution is -2.30. The van der Waals surface area contributed by atoms with Crippen molar-refractivity contribution in [1.29, 1.82) is 0 Å². The summed E-state index contributed by atoms with van der Waals surface area (Å²) in [4.78, 5) is 23.8. The number of carbonyl (C=O) groups is 2. The minimum atomic E-state index is -2.66. The zero-order valence-corrected chi connectivity index (χ0v) is 12.7. The van der Waals surface area contributed by atoms with E-state index in [1.807, 2.05) is 24.3 Å². The molecule has 2 aromatic rings. The van der Waals surface area contributed by atoms with E-state index in [4.69, 9.17) is 0 Å². The molecule has 24 heavy (non-hydrogen) atoms. The van der Waals surface area contributed by atoms with Gasteiger partial charge in [0.1, 0.15) is 12.2 Å². The second-order valence-corrected chi connectivity index (χ2v) is 5.51. The third-order valence-electron chi connectivity index (χ3n) is 3.86. The van der Waals surface area contributed by atoms with Gasteiger partial charge in [-0.15, -0.1) is 0 Å². The molecule has 126 valence electrons. The lowest BCUT2D eigenvalue weighted by molar-refractivity contribution is -0.122. The summed E-state index contributed by atoms with van der Waals surface area (Å²) >= 11 is 0. The number of rotatable bonds is 6. The molecule has 0 aliphatic carbocycles. The largest absolute Gasteiger partial charge is 0.354 e. The number of anilines is 1. The number of carbonyl (C=O) groups excluding carboxylic acids is 2. The summed E-state index contributed by atoms with van der Waals surface area (Å²) in [5.41, 5.74) is 1.36. The third-order valence-corrected chi connectivity index (χ3v) is 3.86. The first-order valence-electron chi connectivity index (χ1n) is 7.52. The number of para-hydroxylation sites is 1. The first kappa shape index (κ1) is 16.1. The zero-order chi connectivity index (χ0) is 17.1. The molecule has 1 aromatic heterocycles. The third kappa shape index (κ3) is 3.42. The van der Waals surface area contributed by atoms with Crippen LogP contribution >= 0.6 is 0 Å². The van der Waals surface area contributed by atoms with E-state index < -0.39 is 6.43 Å². The molecule has 1 aromatic carbocycles. The van der Waals surface area contributed by atoms with Crippen LogP contribution in [0.2, 0.25) is 0 Å². The summed E-state index contributed by atoms with van der Waals surface area (Å²) in [6, 6.07) is 8.61. The van der Waals surface area contributed by atoms with Crippen molar-refractivity contribution in [2.75, 3.05) is 11.9 Å². The van der Waals surface area contributed by atoms with Crippen molar-refractivity contribution in [3.05, 3.63) is 47.8 Å². The van der Waals surface area contributed by atoms with Crippen molar-refractivity contribution in [2.24, 2.45) is 0 Å². The summed E-state index contributed by atoms with van der Waals surface area (Å²) in [6.45, 7) is 0.175. The Kier molecular flexibility index (Phi) is 4.54. The normalized spacial score (nSPS) is 16.1. The number of hydrogen-bond acceptors (Lipinski definition) is 3. The molecule has 2 N–H and O–H groups in total. The molecule has 3 rings (SSSR count). The molecule has 0 saturated carbocycles. The van der Waals surface area contributed by atoms with Gasteiger partial charge in [0, 0.05) is 18.4 Å². The van der Waals surface area contributed by atoms with E-state index in [1.165, 1.54) is 12.3 Å². The molecule has 8 heteroatoms. The Hall–Kier alpha value is -2.77. The summed E-state index contributed by atoms with van der Waals surface area (Å²) in [5.74, 6) is -0.721. The molecule has 1 aliphatic heterocycles. The average molecular weight is 334 g/mol. The fourth-order valence-corrected chi connectivity index (χ4v) is 2.70. The predicted molar refractivity (Wildman–Crippen MR) is 82.6 cm³/mol. The van der Waals surface area contributed by atoms with Gasteiger partial charge in [0.25, 0.3) is 6.43 Å². The van der Waals surface area contributed by atoms with Crippen molar-refractivity contribution in [3.8, 4) is 0 Å². The Labute approximate surface area is 136 Å². The quantitative estimate of drug-likeness (QED) is 0.849. The number of nitrogens with zero attached hydrogens (tertiary/aromatic N) is 2. The van der Waals surface area contributed by atoms with E-state index in [0.717, 1.165) is 15.9 Å². The van der Waals surface area contributed by atoms with Crippen LogP contribution < -0.4 is 10.6 Å². The maximum Gasteiger partial charge on any atom is 0.282 e. The van der Waals surface area contributed by atoms with Crippen LogP contribution in [0.15, 0.2) is 36.5 Å². The number of amides is 2. The van der Waals surface area contributed by atoms with Gasteiger partial charge in [0.2, 0.25) is 11.8 Å². The van der Waals surface area contributed by atoms with Crippen LogP contribution in [-0.2, 0) is 16.1 Å². The van der Waals surface area contributed by atoms with E-state index in [0.29, 0.717) is 13.0 Å². The highest BCUT2D eigenvalue weighted by molar-refractivity contribution is 6.02. The van der Waals surface area contributed by atoms with Gasteiger partial charge in [-0.25, -0.2) is 8.78 Å². The van der Waals surface area contributed by atoms with Gasteiger partial charge in [-0.05, 0) is 24.1 Å². The molecule has 1 aliphatic rings. The van der Waals surface area contributed by atoms with Crippen LogP contribution in [-0.4, -0.2) is 28.1 Å². The molecule has 0 radical (unpaired) electrons. The van der Waals surface area contributed by atoms with Crippen LogP contribution in [0.4, 0.5) is 14.5 Å². The minimum absolute atomic E-state index is 0.0842. The lowest BCUT2D eigenvalue weighted by atomic mass is 9.97. The Morgan fingerprint density at radius 1 is 1.33 bits per heavy atom. The van der Waals surface area contributed by atoms with E-state index in [9.17, 15) is 18.4 Å². The minimum Gasteiger partial charge on any atom is -0.354 e. The van der Waals surface area contributed by atoms with Crippen LogP contribution in [0, 0.1) is 0 Å². The number of halogens is 2. The van der Waals surface area contributed by atoms with Gasteiger partial charge < -0.3 is 10.6 Å². The fraction of sp³-hybridized carbons (Fsp3) is 0.312. The van der Waals surface area contributed by atoms with E-state index in [-0.39, 0.29) is 30.0 Å². The number of hydrogen-bond donors (Lipinski definition) is 2. The molecular formula is C16H16F2N4O2. The Morgan fingerprint density at radius 2 is 2.12 bits per heavy atom. The lowest BCUT2D eigenvalue weighted by Gasteiger charge is -2.10. The van der Waals surface area contributed by atoms with Gasteiger partial charge in [-0.2, -0.15) is 5.10 Å². The van der Waals surface area contributed by atoms with Crippen LogP contribution in [0.3, 0.4) is 0 Å². The Bertz CT molecular complexity index is 760. The average Bonchev–Trinajstić information content (AvgIpc) is 3.12. The van der Waals surface area contributed by atoms with Crippen LogP contribution in [0.1, 0.15) is 30.0 Å². The molecule has 0 bridgehead atoms. The smallest absolute Gasteiger partial charge is 0.282 e. The van der Waals surface area contributed by atoms with Gasteiger partial charge >= 0.3 is 0 Å². The van der Waals surface area contributed by atoms with E-state index >= 15 is 0 Å². The van der Waals surface area contributed by atoms with Crippen molar-refractivity contribution in [1.82, 2.24) is 15.1 Å². The fourth-order valence-electron chi connectivity index (χ4n) is 2.70. The predicted octanol–water partition coefficient (Wildman–Crippen LogP) is 2.06. The number of benzene rings is 1. The second kappa shape index (κ2) is 6.77. The van der Waals surface area contributed by atoms with E-state index in [2.05, 4.69) is 15.7 Å². The topological polar surface area (TPSA) is 76.0 Å². The van der Waals surface area contributed by atoms with Crippen molar-refractivity contribution in [3.63, 3.8) is 0 Å². The summed E-state index contributed by atoms with van der Waals surface area (Å²) in [5, 5.41) is 9.10. The second-order valence-electron chi connectivity index (χ2n) is 5.51. The van der Waals surface area contributed by atoms with Crippen molar-refractivity contribution >= 4 is 17.5 Å². The Balaban J connectivity index is 1.49. The number of nitrogens with one attached hydrogen (secondary N) is 2. The molecule has 1 atom stereocenters. The highest BCUT2D eigenvalue weighted by Crippen LogP contribution is 2.33. The first-order valence-corrected chi connectivity index (χ1v) is 7.52. The SMILES string of the molecule is O=C(Cn1ccc(C(F)F)n1)NCCC1C(=O)Nc2ccccc21. The summed E-state index contributed by atoms with van der Waals surface area (Å²) in [6.07, 6.45) is -0.854. The molecule has 1 unspecified atom stereocenters. The zero-order valence-electron chi connectivity index (χ0n) is 12.7.